The lowest BCUT2D eigenvalue weighted by Gasteiger charge is -2.32. The van der Waals surface area contributed by atoms with Gasteiger partial charge in [0.15, 0.2) is 5.69 Å². The Bertz CT molecular complexity index is 843. The number of aromatic nitrogens is 2. The van der Waals surface area contributed by atoms with Gasteiger partial charge in [0.25, 0.3) is 5.91 Å². The van der Waals surface area contributed by atoms with Crippen molar-refractivity contribution in [1.29, 1.82) is 0 Å². The zero-order chi connectivity index (χ0) is 18.0. The van der Waals surface area contributed by atoms with Gasteiger partial charge in [-0.15, -0.1) is 0 Å². The maximum absolute atomic E-state index is 12.5. The van der Waals surface area contributed by atoms with Crippen molar-refractivity contribution in [3.63, 3.8) is 0 Å². The number of hydrazine groups is 1. The van der Waals surface area contributed by atoms with Crippen molar-refractivity contribution in [2.24, 2.45) is 0 Å². The molecule has 0 radical (unpaired) electrons. The molecule has 1 aromatic heterocycles. The lowest BCUT2D eigenvalue weighted by atomic mass is 10.2. The molecule has 2 heterocycles. The monoisotopic (exact) mass is 361 g/mol. The van der Waals surface area contributed by atoms with Crippen molar-refractivity contribution in [2.75, 3.05) is 33.2 Å². The summed E-state index contributed by atoms with van der Waals surface area (Å²) in [5.41, 5.74) is 3.44. The summed E-state index contributed by atoms with van der Waals surface area (Å²) in [5.74, 6) is -0.504. The Balaban J connectivity index is 1.89. The van der Waals surface area contributed by atoms with Crippen molar-refractivity contribution in [3.8, 4) is 5.69 Å². The molecule has 8 heteroatoms. The van der Waals surface area contributed by atoms with Crippen LogP contribution in [0.1, 0.15) is 16.2 Å². The van der Waals surface area contributed by atoms with Crippen LogP contribution in [0.25, 0.3) is 5.69 Å². The third-order valence-electron chi connectivity index (χ3n) is 4.17. The summed E-state index contributed by atoms with van der Waals surface area (Å²) in [4.78, 5) is 26.9. The summed E-state index contributed by atoms with van der Waals surface area (Å²) in [6.45, 7) is 4.86. The molecule has 1 fully saturated rings. The fourth-order valence-electron chi connectivity index (χ4n) is 2.69. The van der Waals surface area contributed by atoms with E-state index in [0.29, 0.717) is 29.5 Å². The number of nitrogens with zero attached hydrogens (tertiary/aromatic N) is 4. The summed E-state index contributed by atoms with van der Waals surface area (Å²) in [7, 11) is 2.03. The van der Waals surface area contributed by atoms with Crippen molar-refractivity contribution in [1.82, 2.24) is 25.1 Å². The minimum atomic E-state index is -0.504. The first-order valence-corrected chi connectivity index (χ1v) is 8.44. The lowest BCUT2D eigenvalue weighted by molar-refractivity contribution is 0.0655. The number of carbonyl (C=O) groups is 1. The maximum Gasteiger partial charge on any atom is 0.290 e. The first-order valence-electron chi connectivity index (χ1n) is 8.06. The second kappa shape index (κ2) is 7.35. The Hall–Kier alpha value is -2.22. The maximum atomic E-state index is 12.5. The Morgan fingerprint density at radius 2 is 1.88 bits per heavy atom. The molecule has 0 saturated carbocycles. The highest BCUT2D eigenvalue weighted by atomic mass is 35.5. The predicted molar refractivity (Wildman–Crippen MR) is 96.1 cm³/mol. The molecular formula is C17H20ClN5O2. The largest absolute Gasteiger partial charge is 0.304 e. The van der Waals surface area contributed by atoms with Crippen LogP contribution in [-0.2, 0) is 0 Å². The van der Waals surface area contributed by atoms with Gasteiger partial charge in [0.05, 0.1) is 10.7 Å². The minimum Gasteiger partial charge on any atom is -0.304 e. The van der Waals surface area contributed by atoms with Crippen molar-refractivity contribution < 1.29 is 4.79 Å². The highest BCUT2D eigenvalue weighted by Gasteiger charge is 2.20. The normalized spacial score (nSPS) is 16.0. The van der Waals surface area contributed by atoms with Crippen LogP contribution in [0.2, 0.25) is 5.02 Å². The van der Waals surface area contributed by atoms with Crippen LogP contribution in [-0.4, -0.2) is 58.8 Å². The van der Waals surface area contributed by atoms with Crippen LogP contribution in [0.5, 0.6) is 0 Å². The van der Waals surface area contributed by atoms with E-state index in [0.717, 1.165) is 13.1 Å². The van der Waals surface area contributed by atoms with Gasteiger partial charge in [0.1, 0.15) is 0 Å². The van der Waals surface area contributed by atoms with Crippen LogP contribution in [0, 0.1) is 6.92 Å². The molecule has 1 aliphatic rings. The molecule has 2 aromatic rings. The van der Waals surface area contributed by atoms with Gasteiger partial charge >= 0.3 is 0 Å². The Morgan fingerprint density at radius 1 is 1.20 bits per heavy atom. The van der Waals surface area contributed by atoms with E-state index in [1.807, 2.05) is 24.2 Å². The number of nitrogens with one attached hydrogen (secondary N) is 1. The number of piperazine rings is 1. The van der Waals surface area contributed by atoms with E-state index in [1.54, 1.807) is 19.1 Å². The third kappa shape index (κ3) is 3.89. The molecule has 0 bridgehead atoms. The van der Waals surface area contributed by atoms with Gasteiger partial charge in [-0.25, -0.2) is 9.69 Å². The first kappa shape index (κ1) is 17.6. The molecule has 0 atom stereocenters. The number of halogens is 1. The highest BCUT2D eigenvalue weighted by Crippen LogP contribution is 2.19. The van der Waals surface area contributed by atoms with Crippen LogP contribution < -0.4 is 10.9 Å². The molecule has 1 N–H and O–H groups in total. The van der Waals surface area contributed by atoms with Crippen LogP contribution in [0.3, 0.4) is 0 Å². The number of benzene rings is 1. The van der Waals surface area contributed by atoms with Gasteiger partial charge in [0.2, 0.25) is 5.43 Å². The number of carbonyl (C=O) groups excluding carboxylic acids is 1. The molecule has 132 valence electrons. The molecule has 1 amide bonds. The van der Waals surface area contributed by atoms with Gasteiger partial charge in [-0.2, -0.15) is 5.10 Å². The summed E-state index contributed by atoms with van der Waals surface area (Å²) in [5, 5.41) is 6.56. The van der Waals surface area contributed by atoms with Crippen molar-refractivity contribution in [3.05, 3.63) is 57.0 Å². The number of hydrogen-bond donors (Lipinski definition) is 1. The number of rotatable bonds is 3. The zero-order valence-corrected chi connectivity index (χ0v) is 15.0. The van der Waals surface area contributed by atoms with Gasteiger partial charge in [-0.1, -0.05) is 23.7 Å². The SMILES string of the molecule is Cc1cc(=O)c(C(=O)NN2CCN(C)CC2)nn1-c1ccccc1Cl. The first-order chi connectivity index (χ1) is 12.0. The third-order valence-corrected chi connectivity index (χ3v) is 4.49. The average Bonchev–Trinajstić information content (AvgIpc) is 2.58. The molecule has 25 heavy (non-hydrogen) atoms. The van der Waals surface area contributed by atoms with E-state index in [4.69, 9.17) is 11.6 Å². The molecule has 3 rings (SSSR count). The van der Waals surface area contributed by atoms with Crippen LogP contribution in [0.4, 0.5) is 0 Å². The molecule has 1 aromatic carbocycles. The number of para-hydroxylation sites is 1. The number of aryl methyl sites for hydroxylation is 1. The fourth-order valence-corrected chi connectivity index (χ4v) is 2.90. The summed E-state index contributed by atoms with van der Waals surface area (Å²) in [6, 6.07) is 8.55. The van der Waals surface area contributed by atoms with Crippen molar-refractivity contribution in [2.45, 2.75) is 6.92 Å². The lowest BCUT2D eigenvalue weighted by Crippen LogP contribution is -2.53. The molecule has 0 unspecified atom stereocenters. The number of likely N-dealkylation sites (N-methyl/N-ethyl adjacent to an activating group) is 1. The van der Waals surface area contributed by atoms with Crippen LogP contribution in [0.15, 0.2) is 35.1 Å². The standard InChI is InChI=1S/C17H20ClN5O2/c1-12-11-15(24)16(17(25)20-22-9-7-21(2)8-10-22)19-23(12)14-6-4-3-5-13(14)18/h3-6,11H,7-10H2,1-2H3,(H,20,25). The Labute approximate surface area is 150 Å². The van der Waals surface area contributed by atoms with Gasteiger partial charge in [-0.05, 0) is 26.1 Å². The smallest absolute Gasteiger partial charge is 0.290 e. The quantitative estimate of drug-likeness (QED) is 0.886. The highest BCUT2D eigenvalue weighted by molar-refractivity contribution is 6.32. The van der Waals surface area contributed by atoms with E-state index < -0.39 is 11.3 Å². The topological polar surface area (TPSA) is 70.5 Å². The van der Waals surface area contributed by atoms with Gasteiger partial charge in [-0.3, -0.25) is 15.0 Å². The molecule has 1 aliphatic heterocycles. The molecule has 0 aliphatic carbocycles. The second-order valence-electron chi connectivity index (χ2n) is 6.09. The Kier molecular flexibility index (Phi) is 5.17. The predicted octanol–water partition coefficient (Wildman–Crippen LogP) is 1.09. The van der Waals surface area contributed by atoms with Crippen LogP contribution >= 0.6 is 11.6 Å². The minimum absolute atomic E-state index is 0.149. The van der Waals surface area contributed by atoms with E-state index >= 15 is 0 Å². The number of amides is 1. The zero-order valence-electron chi connectivity index (χ0n) is 14.2. The van der Waals surface area contributed by atoms with E-state index in [9.17, 15) is 9.59 Å². The Morgan fingerprint density at radius 3 is 2.56 bits per heavy atom. The van der Waals surface area contributed by atoms with Crippen molar-refractivity contribution >= 4 is 17.5 Å². The van der Waals surface area contributed by atoms with Gasteiger partial charge in [0, 0.05) is 37.9 Å². The molecular weight excluding hydrogens is 342 g/mol. The van der Waals surface area contributed by atoms with E-state index in [2.05, 4.69) is 15.4 Å². The molecule has 7 nitrogen and oxygen atoms in total. The van der Waals surface area contributed by atoms with E-state index in [-0.39, 0.29) is 5.69 Å². The summed E-state index contributed by atoms with van der Waals surface area (Å²) in [6.07, 6.45) is 0. The average molecular weight is 362 g/mol. The molecule has 1 saturated heterocycles. The van der Waals surface area contributed by atoms with Gasteiger partial charge < -0.3 is 4.90 Å². The fraction of sp³-hybridized carbons (Fsp3) is 0.353. The number of hydrogen-bond acceptors (Lipinski definition) is 5. The second-order valence-corrected chi connectivity index (χ2v) is 6.50. The molecule has 0 spiro atoms. The van der Waals surface area contributed by atoms with E-state index in [1.165, 1.54) is 10.7 Å². The summed E-state index contributed by atoms with van der Waals surface area (Å²) < 4.78 is 1.52. The summed E-state index contributed by atoms with van der Waals surface area (Å²) >= 11 is 6.22.